The fourth-order valence-electron chi connectivity index (χ4n) is 5.33. The van der Waals surface area contributed by atoms with E-state index in [2.05, 4.69) is 41.6 Å². The van der Waals surface area contributed by atoms with Crippen LogP contribution in [0.3, 0.4) is 0 Å². The van der Waals surface area contributed by atoms with Crippen LogP contribution in [0.25, 0.3) is 11.0 Å². The van der Waals surface area contributed by atoms with Gasteiger partial charge in [-0.2, -0.15) is 0 Å². The largest absolute Gasteiger partial charge is 0.366 e. The van der Waals surface area contributed by atoms with Crippen molar-refractivity contribution in [3.63, 3.8) is 0 Å². The standard InChI is InChI=1S/C24H35N5O2/c1-6-27-9-10-28(16(3)13-27)21-12-20-23(19(14-30)17(21)4)26-24(25-20)22-11-15(2)7-8-29(22)18(5)31/h12,14-16,22H,6-11,13H2,1-5H3,(H,25,26)/t15?,16-,22?/m1/s1. The smallest absolute Gasteiger partial charge is 0.220 e. The van der Waals surface area contributed by atoms with E-state index in [1.165, 1.54) is 0 Å². The van der Waals surface area contributed by atoms with Crippen molar-refractivity contribution in [2.45, 2.75) is 59.5 Å². The fourth-order valence-corrected chi connectivity index (χ4v) is 5.33. The van der Waals surface area contributed by atoms with E-state index >= 15 is 0 Å². The summed E-state index contributed by atoms with van der Waals surface area (Å²) in [6.07, 6.45) is 2.84. The van der Waals surface area contributed by atoms with E-state index in [9.17, 15) is 9.59 Å². The number of imidazole rings is 1. The van der Waals surface area contributed by atoms with Crippen LogP contribution < -0.4 is 4.90 Å². The lowest BCUT2D eigenvalue weighted by Crippen LogP contribution is -2.52. The number of nitrogens with one attached hydrogen (secondary N) is 1. The summed E-state index contributed by atoms with van der Waals surface area (Å²) in [6.45, 7) is 15.1. The van der Waals surface area contributed by atoms with Crippen LogP contribution in [0.15, 0.2) is 6.07 Å². The first kappa shape index (κ1) is 21.8. The summed E-state index contributed by atoms with van der Waals surface area (Å²) in [5.41, 5.74) is 4.34. The molecule has 1 amide bonds. The van der Waals surface area contributed by atoms with Gasteiger partial charge in [0.05, 0.1) is 17.1 Å². The molecule has 4 rings (SSSR count). The number of fused-ring (bicyclic) bond motifs is 1. The number of carbonyl (C=O) groups is 2. The van der Waals surface area contributed by atoms with E-state index in [-0.39, 0.29) is 11.9 Å². The molecule has 0 aliphatic carbocycles. The fraction of sp³-hybridized carbons (Fsp3) is 0.625. The Hall–Kier alpha value is -2.41. The third-order valence-corrected chi connectivity index (χ3v) is 7.25. The van der Waals surface area contributed by atoms with Gasteiger partial charge >= 0.3 is 0 Å². The number of carbonyl (C=O) groups excluding carboxylic acids is 2. The number of hydrogen-bond donors (Lipinski definition) is 1. The molecule has 1 aromatic carbocycles. The van der Waals surface area contributed by atoms with Crippen LogP contribution in [0, 0.1) is 12.8 Å². The van der Waals surface area contributed by atoms with Gasteiger partial charge in [0.25, 0.3) is 0 Å². The van der Waals surface area contributed by atoms with E-state index in [1.54, 1.807) is 6.92 Å². The Morgan fingerprint density at radius 3 is 2.71 bits per heavy atom. The summed E-state index contributed by atoms with van der Waals surface area (Å²) < 4.78 is 0. The summed E-state index contributed by atoms with van der Waals surface area (Å²) in [7, 11) is 0. The number of hydrogen-bond acceptors (Lipinski definition) is 5. The Morgan fingerprint density at radius 2 is 2.06 bits per heavy atom. The molecule has 168 valence electrons. The van der Waals surface area contributed by atoms with Gasteiger partial charge in [-0.15, -0.1) is 0 Å². The topological polar surface area (TPSA) is 72.5 Å². The summed E-state index contributed by atoms with van der Waals surface area (Å²) >= 11 is 0. The Kier molecular flexibility index (Phi) is 6.06. The molecule has 3 heterocycles. The lowest BCUT2D eigenvalue weighted by Gasteiger charge is -2.41. The zero-order valence-electron chi connectivity index (χ0n) is 19.4. The van der Waals surface area contributed by atoms with Gasteiger partial charge in [-0.1, -0.05) is 13.8 Å². The number of likely N-dealkylation sites (tertiary alicyclic amines) is 1. The van der Waals surface area contributed by atoms with Crippen molar-refractivity contribution in [1.82, 2.24) is 19.8 Å². The van der Waals surface area contributed by atoms with Crippen molar-refractivity contribution in [1.29, 1.82) is 0 Å². The SMILES string of the molecule is CCN1CCN(c2cc3[nH]c(C4CC(C)CCN4C(C)=O)nc3c(C=O)c2C)[C@H](C)C1. The van der Waals surface area contributed by atoms with Crippen molar-refractivity contribution >= 4 is 28.9 Å². The highest BCUT2D eigenvalue weighted by Crippen LogP contribution is 2.36. The molecule has 2 unspecified atom stereocenters. The number of nitrogens with zero attached hydrogens (tertiary/aromatic N) is 4. The summed E-state index contributed by atoms with van der Waals surface area (Å²) in [6, 6.07) is 2.46. The predicted molar refractivity (Wildman–Crippen MR) is 124 cm³/mol. The number of anilines is 1. The van der Waals surface area contributed by atoms with Crippen molar-refractivity contribution in [2.75, 3.05) is 37.6 Å². The number of aromatic nitrogens is 2. The second-order valence-electron chi connectivity index (χ2n) is 9.36. The molecule has 0 saturated carbocycles. The van der Waals surface area contributed by atoms with E-state index in [1.807, 2.05) is 11.8 Å². The number of aldehydes is 1. The Labute approximate surface area is 184 Å². The molecule has 3 atom stereocenters. The molecule has 1 N–H and O–H groups in total. The van der Waals surface area contributed by atoms with Gasteiger partial charge < -0.3 is 14.8 Å². The molecule has 2 aliphatic rings. The Morgan fingerprint density at radius 1 is 1.29 bits per heavy atom. The van der Waals surface area contributed by atoms with E-state index in [0.29, 0.717) is 23.0 Å². The summed E-state index contributed by atoms with van der Waals surface area (Å²) in [5.74, 6) is 1.40. The minimum atomic E-state index is -0.0658. The molecule has 2 aromatic rings. The molecule has 0 bridgehead atoms. The maximum Gasteiger partial charge on any atom is 0.220 e. The van der Waals surface area contributed by atoms with E-state index < -0.39 is 0 Å². The summed E-state index contributed by atoms with van der Waals surface area (Å²) in [5, 5.41) is 0. The maximum absolute atomic E-state index is 12.2. The lowest BCUT2D eigenvalue weighted by molar-refractivity contribution is -0.133. The third-order valence-electron chi connectivity index (χ3n) is 7.25. The number of likely N-dealkylation sites (N-methyl/N-ethyl adjacent to an activating group) is 1. The van der Waals surface area contributed by atoms with Crippen LogP contribution in [-0.2, 0) is 4.79 Å². The van der Waals surface area contributed by atoms with Crippen LogP contribution in [0.4, 0.5) is 5.69 Å². The molecule has 31 heavy (non-hydrogen) atoms. The van der Waals surface area contributed by atoms with Gasteiger partial charge in [0, 0.05) is 50.4 Å². The Balaban J connectivity index is 1.76. The van der Waals surface area contributed by atoms with Gasteiger partial charge in [0.1, 0.15) is 5.82 Å². The van der Waals surface area contributed by atoms with Crippen molar-refractivity contribution < 1.29 is 9.59 Å². The number of aromatic amines is 1. The molecule has 2 fully saturated rings. The molecule has 1 aromatic heterocycles. The third kappa shape index (κ3) is 3.95. The molecule has 0 radical (unpaired) electrons. The van der Waals surface area contributed by atoms with E-state index in [4.69, 9.17) is 4.98 Å². The first-order chi connectivity index (χ1) is 14.8. The molecule has 2 aliphatic heterocycles. The minimum absolute atomic E-state index is 0.0658. The number of amides is 1. The summed E-state index contributed by atoms with van der Waals surface area (Å²) in [4.78, 5) is 39.5. The van der Waals surface area contributed by atoms with Crippen molar-refractivity contribution in [2.24, 2.45) is 5.92 Å². The first-order valence-electron chi connectivity index (χ1n) is 11.6. The molecule has 0 spiro atoms. The average Bonchev–Trinajstić information content (AvgIpc) is 3.16. The number of piperazine rings is 1. The van der Waals surface area contributed by atoms with E-state index in [0.717, 1.165) is 74.4 Å². The second kappa shape index (κ2) is 8.61. The second-order valence-corrected chi connectivity index (χ2v) is 9.36. The number of piperidine rings is 1. The number of H-pyrrole nitrogens is 1. The first-order valence-corrected chi connectivity index (χ1v) is 11.6. The highest BCUT2D eigenvalue weighted by molar-refractivity contribution is 5.99. The van der Waals surface area contributed by atoms with Gasteiger partial charge in [-0.05, 0) is 50.8 Å². The van der Waals surface area contributed by atoms with Crippen LogP contribution in [0.5, 0.6) is 0 Å². The van der Waals surface area contributed by atoms with Crippen LogP contribution >= 0.6 is 0 Å². The monoisotopic (exact) mass is 425 g/mol. The maximum atomic E-state index is 12.2. The van der Waals surface area contributed by atoms with Gasteiger partial charge in [0.15, 0.2) is 6.29 Å². The normalized spacial score (nSPS) is 25.3. The quantitative estimate of drug-likeness (QED) is 0.759. The average molecular weight is 426 g/mol. The van der Waals surface area contributed by atoms with Crippen molar-refractivity contribution in [3.8, 4) is 0 Å². The van der Waals surface area contributed by atoms with Gasteiger partial charge in [0.2, 0.25) is 5.91 Å². The minimum Gasteiger partial charge on any atom is -0.366 e. The van der Waals surface area contributed by atoms with Crippen LogP contribution in [-0.4, -0.2) is 70.7 Å². The van der Waals surface area contributed by atoms with Gasteiger partial charge in [-0.3, -0.25) is 14.5 Å². The van der Waals surface area contributed by atoms with Gasteiger partial charge in [-0.25, -0.2) is 4.98 Å². The molecule has 7 heteroatoms. The zero-order chi connectivity index (χ0) is 22.3. The number of rotatable bonds is 4. The van der Waals surface area contributed by atoms with Crippen LogP contribution in [0.1, 0.15) is 68.3 Å². The van der Waals surface area contributed by atoms with Crippen LogP contribution in [0.2, 0.25) is 0 Å². The highest BCUT2D eigenvalue weighted by atomic mass is 16.2. The Bertz CT molecular complexity index is 984. The molecular formula is C24H35N5O2. The molecular weight excluding hydrogens is 390 g/mol. The van der Waals surface area contributed by atoms with Crippen molar-refractivity contribution in [3.05, 3.63) is 23.0 Å². The molecule has 2 saturated heterocycles. The zero-order valence-corrected chi connectivity index (χ0v) is 19.4. The highest BCUT2D eigenvalue weighted by Gasteiger charge is 2.32. The predicted octanol–water partition coefficient (Wildman–Crippen LogP) is 3.53. The lowest BCUT2D eigenvalue weighted by atomic mass is 9.92. The molecule has 7 nitrogen and oxygen atoms in total. The number of benzene rings is 1.